The molecule has 2 aliphatic heterocycles. The van der Waals surface area contributed by atoms with E-state index in [1.165, 1.54) is 12.5 Å². The SMILES string of the molecule is C/C=C/[C@H](O)C(C)(C)[C@@H]1C/C=C\[C@H]2N[C@H]2/C=C/C=C\c2nc(co2)C(=O)O[C@H](C(C)(C)[C@@H](O)/C=C/C)C/C=C\[C@H](C)N/C=C/C=C\c2nc(co2)C(=O)O1. The van der Waals surface area contributed by atoms with Crippen LogP contribution in [0.5, 0.6) is 0 Å². The molecule has 0 amide bonds. The summed E-state index contributed by atoms with van der Waals surface area (Å²) in [4.78, 5) is 35.0. The average Bonchev–Trinajstić information content (AvgIpc) is 3.45. The summed E-state index contributed by atoms with van der Waals surface area (Å²) in [6.07, 6.45) is 28.9. The summed E-state index contributed by atoms with van der Waals surface area (Å²) in [6.45, 7) is 13.0. The number of ether oxygens (including phenoxy) is 2. The van der Waals surface area contributed by atoms with Gasteiger partial charge in [0.25, 0.3) is 0 Å². The van der Waals surface area contributed by atoms with Crippen molar-refractivity contribution in [2.45, 2.75) is 104 Å². The van der Waals surface area contributed by atoms with Gasteiger partial charge in [-0.1, -0.05) is 101 Å². The normalized spacial score (nSPS) is 28.4. The molecule has 0 radical (unpaired) electrons. The molecule has 0 aliphatic carbocycles. The highest BCUT2D eigenvalue weighted by atomic mass is 16.6. The number of fused-ring (bicyclic) bond motifs is 5. The summed E-state index contributed by atoms with van der Waals surface area (Å²) in [5.41, 5.74) is -1.59. The Kier molecular flexibility index (Phi) is 14.9. The number of cyclic esters (lactones) is 2. The van der Waals surface area contributed by atoms with Gasteiger partial charge in [-0.25, -0.2) is 19.6 Å². The number of allylic oxidation sites excluding steroid dienone is 6. The minimum Gasteiger partial charge on any atom is -0.457 e. The molecule has 2 aromatic rings. The van der Waals surface area contributed by atoms with Gasteiger partial charge in [0.2, 0.25) is 11.8 Å². The van der Waals surface area contributed by atoms with Crippen molar-refractivity contribution in [3.05, 3.63) is 121 Å². The maximum Gasteiger partial charge on any atom is 0.360 e. The molecule has 54 heavy (non-hydrogen) atoms. The van der Waals surface area contributed by atoms with Crippen molar-refractivity contribution in [1.82, 2.24) is 20.6 Å². The zero-order valence-electron chi connectivity index (χ0n) is 32.1. The number of nitrogens with one attached hydrogen (secondary N) is 2. The van der Waals surface area contributed by atoms with Crippen molar-refractivity contribution in [3.8, 4) is 0 Å². The number of aliphatic hydroxyl groups is 2. The number of nitrogens with zero attached hydrogens (tertiary/aromatic N) is 2. The molecule has 4 N–H and O–H groups in total. The molecule has 0 saturated carbocycles. The van der Waals surface area contributed by atoms with Crippen LogP contribution in [0.1, 0.15) is 94.1 Å². The molecule has 0 spiro atoms. The second-order valence-corrected chi connectivity index (χ2v) is 14.5. The average molecular weight is 743 g/mol. The highest BCUT2D eigenvalue weighted by Crippen LogP contribution is 2.33. The van der Waals surface area contributed by atoms with Crippen molar-refractivity contribution in [2.24, 2.45) is 10.8 Å². The van der Waals surface area contributed by atoms with Crippen LogP contribution in [0.25, 0.3) is 12.2 Å². The van der Waals surface area contributed by atoms with Gasteiger partial charge in [0.1, 0.15) is 24.7 Å². The van der Waals surface area contributed by atoms with Crippen LogP contribution >= 0.6 is 0 Å². The van der Waals surface area contributed by atoms with Crippen LogP contribution in [0.3, 0.4) is 0 Å². The van der Waals surface area contributed by atoms with E-state index >= 15 is 0 Å². The third kappa shape index (κ3) is 11.7. The fourth-order valence-corrected chi connectivity index (χ4v) is 5.59. The predicted molar refractivity (Wildman–Crippen MR) is 208 cm³/mol. The van der Waals surface area contributed by atoms with Crippen molar-refractivity contribution < 1.29 is 38.1 Å². The van der Waals surface area contributed by atoms with Crippen LogP contribution < -0.4 is 10.6 Å². The largest absolute Gasteiger partial charge is 0.457 e. The number of carbonyl (C=O) groups excluding carboxylic acids is 2. The predicted octanol–water partition coefficient (Wildman–Crippen LogP) is 6.66. The van der Waals surface area contributed by atoms with E-state index in [0.29, 0.717) is 12.8 Å². The van der Waals surface area contributed by atoms with Gasteiger partial charge in [0.15, 0.2) is 11.4 Å². The second-order valence-electron chi connectivity index (χ2n) is 14.5. The van der Waals surface area contributed by atoms with Crippen molar-refractivity contribution in [1.29, 1.82) is 0 Å². The third-order valence-corrected chi connectivity index (χ3v) is 9.50. The first-order valence-corrected chi connectivity index (χ1v) is 18.2. The standard InChI is InChI=1S/C42H54N4O8/c1-8-16-33(47)41(4,5)35-21-14-18-28(3)43-25-13-12-24-38-46-32(27-52-38)40(50)54-36(42(6,7)34(48)17-9-2)22-15-20-30-29(44-30)19-10-11-23-37-45-31(26-51-37)39(49)53-35/h8-20,23-30,33-36,43-44,47-48H,21-22H2,1-7H3/b16-8+,17-9+,18-14-,19-10+,20-15-,23-11-,24-12-,25-13+/t28-,29-,30+,33-,34-,35-,36-/m0/s1. The summed E-state index contributed by atoms with van der Waals surface area (Å²) in [5, 5.41) is 28.4. The highest BCUT2D eigenvalue weighted by Gasteiger charge is 2.39. The zero-order chi connectivity index (χ0) is 39.3. The molecule has 1 saturated heterocycles. The molecule has 7 atom stereocenters. The van der Waals surface area contributed by atoms with Gasteiger partial charge in [0, 0.05) is 53.9 Å². The molecular formula is C42H54N4O8. The lowest BCUT2D eigenvalue weighted by molar-refractivity contribution is -0.0461. The number of oxazole rings is 2. The van der Waals surface area contributed by atoms with Gasteiger partial charge < -0.3 is 39.2 Å². The maximum absolute atomic E-state index is 13.2. The number of esters is 2. The first kappa shape index (κ1) is 41.7. The molecule has 4 heterocycles. The summed E-state index contributed by atoms with van der Waals surface area (Å²) < 4.78 is 22.9. The minimum absolute atomic E-state index is 0.0222. The van der Waals surface area contributed by atoms with Crippen LogP contribution in [0.2, 0.25) is 0 Å². The number of carbonyl (C=O) groups is 2. The number of hydrogen-bond acceptors (Lipinski definition) is 12. The monoisotopic (exact) mass is 742 g/mol. The van der Waals surface area contributed by atoms with Gasteiger partial charge in [-0.15, -0.1) is 0 Å². The Morgan fingerprint density at radius 2 is 1.22 bits per heavy atom. The third-order valence-electron chi connectivity index (χ3n) is 9.50. The Hall–Kier alpha value is -5.04. The van der Waals surface area contributed by atoms with Crippen molar-refractivity contribution >= 4 is 24.1 Å². The van der Waals surface area contributed by atoms with Gasteiger partial charge in [-0.3, -0.25) is 0 Å². The lowest BCUT2D eigenvalue weighted by Crippen LogP contribution is -2.42. The Balaban J connectivity index is 1.56. The van der Waals surface area contributed by atoms with E-state index in [1.54, 1.807) is 60.9 Å². The molecule has 0 unspecified atom stereocenters. The molecule has 4 bridgehead atoms. The van der Waals surface area contributed by atoms with Gasteiger partial charge in [-0.05, 0) is 33.0 Å². The Morgan fingerprint density at radius 3 is 1.74 bits per heavy atom. The minimum atomic E-state index is -0.864. The van der Waals surface area contributed by atoms with Crippen LogP contribution in [0.4, 0.5) is 0 Å². The van der Waals surface area contributed by atoms with Crippen molar-refractivity contribution in [3.63, 3.8) is 0 Å². The molecule has 0 aromatic carbocycles. The molecule has 12 nitrogen and oxygen atoms in total. The summed E-state index contributed by atoms with van der Waals surface area (Å²) in [6, 6.07) is 0.0806. The summed E-state index contributed by atoms with van der Waals surface area (Å²) >= 11 is 0. The topological polar surface area (TPSA) is 179 Å². The molecule has 2 aliphatic rings. The maximum atomic E-state index is 13.2. The van der Waals surface area contributed by atoms with E-state index in [2.05, 4.69) is 20.6 Å². The lowest BCUT2D eigenvalue weighted by Gasteiger charge is -2.36. The van der Waals surface area contributed by atoms with E-state index in [1.807, 2.05) is 84.9 Å². The number of aliphatic hydroxyl groups excluding tert-OH is 2. The van der Waals surface area contributed by atoms with E-state index < -0.39 is 47.2 Å². The molecular weight excluding hydrogens is 688 g/mol. The van der Waals surface area contributed by atoms with Crippen molar-refractivity contribution in [2.75, 3.05) is 0 Å². The van der Waals surface area contributed by atoms with E-state index in [-0.39, 0.29) is 41.3 Å². The lowest BCUT2D eigenvalue weighted by atomic mass is 9.79. The molecule has 1 fully saturated rings. The summed E-state index contributed by atoms with van der Waals surface area (Å²) in [5.74, 6) is -0.839. The van der Waals surface area contributed by atoms with Gasteiger partial charge in [-0.2, -0.15) is 0 Å². The van der Waals surface area contributed by atoms with E-state index in [4.69, 9.17) is 18.3 Å². The number of hydrogen-bond donors (Lipinski definition) is 4. The second kappa shape index (κ2) is 19.3. The number of aromatic nitrogens is 2. The van der Waals surface area contributed by atoms with Crippen LogP contribution in [0.15, 0.2) is 107 Å². The Labute approximate surface area is 317 Å². The highest BCUT2D eigenvalue weighted by molar-refractivity contribution is 5.87. The fraction of sp³-hybridized carbons (Fsp3) is 0.429. The van der Waals surface area contributed by atoms with E-state index in [9.17, 15) is 19.8 Å². The Morgan fingerprint density at radius 1 is 0.741 bits per heavy atom. The fourth-order valence-electron chi connectivity index (χ4n) is 5.59. The molecule has 2 aromatic heterocycles. The smallest absolute Gasteiger partial charge is 0.360 e. The van der Waals surface area contributed by atoms with Crippen LogP contribution in [-0.4, -0.2) is 74.7 Å². The summed E-state index contributed by atoms with van der Waals surface area (Å²) in [7, 11) is 0. The first-order chi connectivity index (χ1) is 25.8. The number of rotatable bonds is 6. The van der Waals surface area contributed by atoms with Gasteiger partial charge >= 0.3 is 11.9 Å². The van der Waals surface area contributed by atoms with Gasteiger partial charge in [0.05, 0.1) is 12.2 Å². The molecule has 4 rings (SSSR count). The zero-order valence-corrected chi connectivity index (χ0v) is 32.1. The van der Waals surface area contributed by atoms with Crippen LogP contribution in [-0.2, 0) is 9.47 Å². The quantitative estimate of drug-likeness (QED) is 0.141. The molecule has 12 heteroatoms. The first-order valence-electron chi connectivity index (χ1n) is 18.2. The Bertz CT molecular complexity index is 1790. The van der Waals surface area contributed by atoms with E-state index in [0.717, 1.165) is 0 Å². The molecule has 290 valence electrons. The van der Waals surface area contributed by atoms with Crippen LogP contribution in [0, 0.1) is 10.8 Å².